The Labute approximate surface area is 123 Å². The number of carboxylic acid groups (broad SMARTS) is 1. The van der Waals surface area contributed by atoms with Gasteiger partial charge in [-0.1, -0.05) is 0 Å². The molecule has 0 radical (unpaired) electrons. The lowest BCUT2D eigenvalue weighted by Gasteiger charge is -2.23. The summed E-state index contributed by atoms with van der Waals surface area (Å²) in [6.45, 7) is 3.87. The summed E-state index contributed by atoms with van der Waals surface area (Å²) in [6, 6.07) is 1.71. The molecule has 0 aliphatic carbocycles. The maximum Gasteiger partial charge on any atom is 0.303 e. The number of nitrogens with zero attached hydrogens (tertiary/aromatic N) is 3. The van der Waals surface area contributed by atoms with E-state index in [0.29, 0.717) is 13.0 Å². The summed E-state index contributed by atoms with van der Waals surface area (Å²) >= 11 is 0. The predicted molar refractivity (Wildman–Crippen MR) is 76.7 cm³/mol. The first-order chi connectivity index (χ1) is 10.0. The summed E-state index contributed by atoms with van der Waals surface area (Å²) in [6.07, 6.45) is 1.36. The van der Waals surface area contributed by atoms with Crippen LogP contribution in [0, 0.1) is 0 Å². The van der Waals surface area contributed by atoms with Gasteiger partial charge in [0.25, 0.3) is 0 Å². The van der Waals surface area contributed by atoms with E-state index in [1.807, 2.05) is 22.6 Å². The lowest BCUT2D eigenvalue weighted by Crippen LogP contribution is -2.43. The Balaban J connectivity index is 2.08. The Morgan fingerprint density at radius 1 is 1.48 bits per heavy atom. The van der Waals surface area contributed by atoms with Crippen molar-refractivity contribution in [3.63, 3.8) is 0 Å². The molecule has 7 nitrogen and oxygen atoms in total. The summed E-state index contributed by atoms with van der Waals surface area (Å²) in [7, 11) is 1.77. The molecule has 1 atom stereocenters. The average Bonchev–Trinajstić information content (AvgIpc) is 2.74. The molecule has 0 fully saturated rings. The Morgan fingerprint density at radius 3 is 2.90 bits per heavy atom. The first-order valence-electron chi connectivity index (χ1n) is 7.24. The van der Waals surface area contributed by atoms with Crippen molar-refractivity contribution in [3.05, 3.63) is 17.5 Å². The quantitative estimate of drug-likeness (QED) is 0.812. The minimum absolute atomic E-state index is 0.0793. The third-order valence-electron chi connectivity index (χ3n) is 3.77. The number of aryl methyl sites for hydroxylation is 2. The van der Waals surface area contributed by atoms with Gasteiger partial charge in [0.05, 0.1) is 30.4 Å². The van der Waals surface area contributed by atoms with Crippen LogP contribution in [-0.2, 0) is 29.1 Å². The number of hydrogen-bond donors (Lipinski definition) is 2. The van der Waals surface area contributed by atoms with E-state index in [-0.39, 0.29) is 18.4 Å². The van der Waals surface area contributed by atoms with Crippen LogP contribution < -0.4 is 5.32 Å². The number of aliphatic carboxylic acids is 1. The highest BCUT2D eigenvalue weighted by Crippen LogP contribution is 2.15. The second-order valence-corrected chi connectivity index (χ2v) is 5.37. The molecule has 21 heavy (non-hydrogen) atoms. The molecule has 0 aromatic carbocycles. The van der Waals surface area contributed by atoms with Crippen molar-refractivity contribution >= 4 is 11.9 Å². The van der Waals surface area contributed by atoms with E-state index in [2.05, 4.69) is 10.4 Å². The first kappa shape index (κ1) is 15.5. The molecule has 0 spiro atoms. The normalized spacial score (nSPS) is 16.2. The zero-order valence-electron chi connectivity index (χ0n) is 12.5. The van der Waals surface area contributed by atoms with E-state index < -0.39 is 5.97 Å². The van der Waals surface area contributed by atoms with Crippen molar-refractivity contribution in [1.82, 2.24) is 20.0 Å². The van der Waals surface area contributed by atoms with Gasteiger partial charge in [-0.3, -0.25) is 14.3 Å². The number of likely N-dealkylation sites (N-methyl/N-ethyl adjacent to an activating group) is 1. The molecule has 2 heterocycles. The summed E-state index contributed by atoms with van der Waals surface area (Å²) in [4.78, 5) is 24.7. The van der Waals surface area contributed by atoms with E-state index in [1.165, 1.54) is 0 Å². The second kappa shape index (κ2) is 6.71. The van der Waals surface area contributed by atoms with Gasteiger partial charge in [-0.05, 0) is 26.5 Å². The van der Waals surface area contributed by atoms with Gasteiger partial charge in [0.15, 0.2) is 0 Å². The number of carboxylic acids is 1. The molecule has 2 N–H and O–H groups in total. The molecule has 1 amide bonds. The molecule has 1 aliphatic heterocycles. The van der Waals surface area contributed by atoms with Crippen LogP contribution in [0.15, 0.2) is 6.07 Å². The van der Waals surface area contributed by atoms with E-state index >= 15 is 0 Å². The molecule has 1 aliphatic rings. The van der Waals surface area contributed by atoms with Crippen LogP contribution in [0.5, 0.6) is 0 Å². The smallest absolute Gasteiger partial charge is 0.303 e. The minimum Gasteiger partial charge on any atom is -0.481 e. The highest BCUT2D eigenvalue weighted by molar-refractivity contribution is 5.81. The van der Waals surface area contributed by atoms with Gasteiger partial charge < -0.3 is 15.3 Å². The highest BCUT2D eigenvalue weighted by Gasteiger charge is 2.23. The van der Waals surface area contributed by atoms with Gasteiger partial charge in [0, 0.05) is 19.5 Å². The monoisotopic (exact) mass is 294 g/mol. The minimum atomic E-state index is -0.821. The van der Waals surface area contributed by atoms with Crippen molar-refractivity contribution in [1.29, 1.82) is 0 Å². The fourth-order valence-electron chi connectivity index (χ4n) is 2.46. The maximum absolute atomic E-state index is 12.3. The van der Waals surface area contributed by atoms with Gasteiger partial charge in [-0.25, -0.2) is 0 Å². The highest BCUT2D eigenvalue weighted by atomic mass is 16.4. The second-order valence-electron chi connectivity index (χ2n) is 5.37. The van der Waals surface area contributed by atoms with E-state index in [4.69, 9.17) is 5.11 Å². The maximum atomic E-state index is 12.3. The molecule has 0 saturated heterocycles. The average molecular weight is 294 g/mol. The Hall–Kier alpha value is -1.89. The first-order valence-corrected chi connectivity index (χ1v) is 7.24. The number of amides is 1. The van der Waals surface area contributed by atoms with Crippen LogP contribution in [0.1, 0.15) is 31.2 Å². The van der Waals surface area contributed by atoms with Crippen LogP contribution in [-0.4, -0.2) is 51.3 Å². The predicted octanol–water partition coefficient (Wildman–Crippen LogP) is 0.241. The summed E-state index contributed by atoms with van der Waals surface area (Å²) < 4.78 is 1.90. The van der Waals surface area contributed by atoms with Crippen molar-refractivity contribution in [2.75, 3.05) is 13.6 Å². The summed E-state index contributed by atoms with van der Waals surface area (Å²) in [5.41, 5.74) is 1.76. The number of nitrogens with one attached hydrogen (secondary N) is 1. The van der Waals surface area contributed by atoms with Gasteiger partial charge >= 0.3 is 5.97 Å². The van der Waals surface area contributed by atoms with Gasteiger partial charge in [-0.2, -0.15) is 5.10 Å². The zero-order chi connectivity index (χ0) is 15.4. The number of aromatic nitrogens is 2. The van der Waals surface area contributed by atoms with Crippen LogP contribution in [0.4, 0.5) is 0 Å². The lowest BCUT2D eigenvalue weighted by atomic mass is 10.2. The molecule has 7 heteroatoms. The van der Waals surface area contributed by atoms with Gasteiger partial charge in [0.1, 0.15) is 0 Å². The number of fused-ring (bicyclic) bond motifs is 1. The number of rotatable bonds is 5. The summed E-state index contributed by atoms with van der Waals surface area (Å²) in [5.74, 6) is -0.739. The summed E-state index contributed by atoms with van der Waals surface area (Å²) in [5, 5.41) is 16.1. The molecular formula is C14H22N4O3. The fourth-order valence-corrected chi connectivity index (χ4v) is 2.46. The molecule has 2 rings (SSSR count). The van der Waals surface area contributed by atoms with Gasteiger partial charge in [-0.15, -0.1) is 0 Å². The third-order valence-corrected chi connectivity index (χ3v) is 3.77. The van der Waals surface area contributed by atoms with Gasteiger partial charge in [0.2, 0.25) is 5.91 Å². The molecule has 0 bridgehead atoms. The van der Waals surface area contributed by atoms with Crippen LogP contribution in [0.2, 0.25) is 0 Å². The van der Waals surface area contributed by atoms with E-state index in [9.17, 15) is 9.59 Å². The van der Waals surface area contributed by atoms with Crippen molar-refractivity contribution in [2.24, 2.45) is 0 Å². The topological polar surface area (TPSA) is 87.5 Å². The molecule has 116 valence electrons. The third kappa shape index (κ3) is 3.81. The molecule has 1 aromatic rings. The molecule has 0 saturated carbocycles. The van der Waals surface area contributed by atoms with Crippen molar-refractivity contribution in [3.8, 4) is 0 Å². The number of carbonyl (C=O) groups is 2. The van der Waals surface area contributed by atoms with E-state index in [0.717, 1.165) is 30.9 Å². The SMILES string of the molecule is CNC(C)C(=O)N1CCCn2nc(CCC(=O)O)cc2C1. The van der Waals surface area contributed by atoms with Crippen molar-refractivity contribution in [2.45, 2.75) is 45.3 Å². The van der Waals surface area contributed by atoms with Crippen LogP contribution in [0.25, 0.3) is 0 Å². The molecular weight excluding hydrogens is 272 g/mol. The number of hydrogen-bond acceptors (Lipinski definition) is 4. The molecule has 1 aromatic heterocycles. The Kier molecular flexibility index (Phi) is 4.95. The standard InChI is InChI=1S/C14H22N4O3/c1-10(15-2)14(21)17-6-3-7-18-12(9-17)8-11(16-18)4-5-13(19)20/h8,10,15H,3-7,9H2,1-2H3,(H,19,20). The van der Waals surface area contributed by atoms with Crippen LogP contribution in [0.3, 0.4) is 0 Å². The van der Waals surface area contributed by atoms with E-state index in [1.54, 1.807) is 7.05 Å². The largest absolute Gasteiger partial charge is 0.481 e. The fraction of sp³-hybridized carbons (Fsp3) is 0.643. The number of carbonyl (C=O) groups excluding carboxylic acids is 1. The Bertz CT molecular complexity index is 526. The lowest BCUT2D eigenvalue weighted by molar-refractivity contribution is -0.137. The zero-order valence-corrected chi connectivity index (χ0v) is 12.5. The Morgan fingerprint density at radius 2 is 2.24 bits per heavy atom. The van der Waals surface area contributed by atoms with Crippen LogP contribution >= 0.6 is 0 Å². The van der Waals surface area contributed by atoms with Crippen molar-refractivity contribution < 1.29 is 14.7 Å². The molecule has 1 unspecified atom stereocenters.